The van der Waals surface area contributed by atoms with Crippen LogP contribution in [-0.4, -0.2) is 53.2 Å². The summed E-state index contributed by atoms with van der Waals surface area (Å²) in [6, 6.07) is 17.3. The van der Waals surface area contributed by atoms with Crippen LogP contribution < -0.4 is 27.4 Å². The Balaban J connectivity index is 1.40. The Morgan fingerprint density at radius 1 is 1.00 bits per heavy atom. The molecule has 2 aliphatic carbocycles. The van der Waals surface area contributed by atoms with Crippen LogP contribution in [0.25, 0.3) is 10.1 Å². The fraction of sp³-hybridized carbons (Fsp3) is 0.486. The number of thiophene rings is 1. The van der Waals surface area contributed by atoms with Crippen LogP contribution in [0.4, 0.5) is 0 Å². The van der Waals surface area contributed by atoms with Crippen molar-refractivity contribution in [1.82, 2.24) is 16.0 Å². The highest BCUT2D eigenvalue weighted by molar-refractivity contribution is 7.20. The molecule has 0 unspecified atom stereocenters. The number of nitrogens with one attached hydrogen (secondary N) is 3. The van der Waals surface area contributed by atoms with Crippen molar-refractivity contribution in [3.05, 3.63) is 71.1 Å². The molecule has 2 saturated carbocycles. The first kappa shape index (κ1) is 32.8. The molecule has 0 saturated heterocycles. The van der Waals surface area contributed by atoms with Crippen LogP contribution >= 0.6 is 11.3 Å². The summed E-state index contributed by atoms with van der Waals surface area (Å²) < 4.78 is 0.978. The predicted octanol–water partition coefficient (Wildman–Crippen LogP) is 3.98. The zero-order valence-electron chi connectivity index (χ0n) is 26.1. The predicted molar refractivity (Wildman–Crippen MR) is 178 cm³/mol. The molecule has 2 aromatic carbocycles. The van der Waals surface area contributed by atoms with E-state index in [1.165, 1.54) is 11.3 Å². The Hall–Kier alpha value is -3.60. The fourth-order valence-corrected chi connectivity index (χ4v) is 7.65. The molecule has 3 amide bonds. The van der Waals surface area contributed by atoms with E-state index in [2.05, 4.69) is 16.0 Å². The summed E-state index contributed by atoms with van der Waals surface area (Å²) in [5.74, 6) is -1.56. The Bertz CT molecular complexity index is 1510. The van der Waals surface area contributed by atoms with Gasteiger partial charge in [-0.2, -0.15) is 0 Å². The number of amides is 3. The maximum atomic E-state index is 14.6. The SMILES string of the molecule is CC[C@@](C)(NC(=O)c1cc2ccccc2s1)C(=O)N[C@H](Cc1ccccc1)C(=O)[C@@]1(C(=O)N[C@H]2CCCC[C@@H]2N)CC[C@H](N)C1. The summed E-state index contributed by atoms with van der Waals surface area (Å²) in [7, 11) is 0. The van der Waals surface area contributed by atoms with E-state index in [-0.39, 0.29) is 55.0 Å². The summed E-state index contributed by atoms with van der Waals surface area (Å²) in [5.41, 5.74) is 10.8. The molecule has 1 heterocycles. The van der Waals surface area contributed by atoms with Crippen LogP contribution in [0.3, 0.4) is 0 Å². The van der Waals surface area contributed by atoms with Crippen LogP contribution in [0.1, 0.15) is 80.4 Å². The number of carbonyl (C=O) groups excluding carboxylic acids is 4. The van der Waals surface area contributed by atoms with E-state index in [1.54, 1.807) is 6.92 Å². The van der Waals surface area contributed by atoms with Crippen LogP contribution in [-0.2, 0) is 20.8 Å². The Morgan fingerprint density at radius 2 is 1.71 bits per heavy atom. The lowest BCUT2D eigenvalue weighted by molar-refractivity contribution is -0.145. The molecular formula is C35H45N5O4S. The van der Waals surface area contributed by atoms with Crippen LogP contribution in [0.15, 0.2) is 60.7 Å². The molecule has 3 aromatic rings. The number of nitrogens with two attached hydrogens (primary N) is 2. The third-order valence-electron chi connectivity index (χ3n) is 9.75. The highest BCUT2D eigenvalue weighted by Crippen LogP contribution is 2.41. The molecule has 240 valence electrons. The van der Waals surface area contributed by atoms with E-state index in [9.17, 15) is 19.2 Å². The molecule has 2 aliphatic rings. The van der Waals surface area contributed by atoms with Crippen molar-refractivity contribution in [2.45, 2.75) is 101 Å². The lowest BCUT2D eigenvalue weighted by atomic mass is 9.75. The van der Waals surface area contributed by atoms with Gasteiger partial charge in [-0.15, -0.1) is 11.3 Å². The second-order valence-corrected chi connectivity index (χ2v) is 14.1. The van der Waals surface area contributed by atoms with Gasteiger partial charge in [-0.25, -0.2) is 0 Å². The van der Waals surface area contributed by atoms with Gasteiger partial charge in [0.1, 0.15) is 11.0 Å². The number of rotatable bonds is 11. The van der Waals surface area contributed by atoms with Crippen molar-refractivity contribution in [2.75, 3.05) is 0 Å². The van der Waals surface area contributed by atoms with Crippen LogP contribution in [0, 0.1) is 5.41 Å². The number of Topliss-reactive ketones (excluding diaryl/α,β-unsaturated/α-hetero) is 1. The van der Waals surface area contributed by atoms with E-state index < -0.39 is 22.9 Å². The summed E-state index contributed by atoms with van der Waals surface area (Å²) >= 11 is 1.36. The first-order valence-electron chi connectivity index (χ1n) is 16.1. The lowest BCUT2D eigenvalue weighted by Gasteiger charge is -2.36. The molecule has 5 rings (SSSR count). The van der Waals surface area contributed by atoms with E-state index in [4.69, 9.17) is 11.5 Å². The van der Waals surface area contributed by atoms with Gasteiger partial charge in [0, 0.05) is 22.8 Å². The van der Waals surface area contributed by atoms with E-state index in [0.717, 1.165) is 41.3 Å². The highest BCUT2D eigenvalue weighted by Gasteiger charge is 2.53. The van der Waals surface area contributed by atoms with Gasteiger partial charge in [0.05, 0.1) is 10.9 Å². The maximum absolute atomic E-state index is 14.6. The first-order valence-corrected chi connectivity index (χ1v) is 16.9. The summed E-state index contributed by atoms with van der Waals surface area (Å²) in [4.78, 5) is 56.6. The average molecular weight is 632 g/mol. The number of ketones is 1. The van der Waals surface area contributed by atoms with Gasteiger partial charge < -0.3 is 27.4 Å². The molecular weight excluding hydrogens is 586 g/mol. The van der Waals surface area contributed by atoms with Crippen molar-refractivity contribution in [2.24, 2.45) is 16.9 Å². The van der Waals surface area contributed by atoms with Crippen LogP contribution in [0.2, 0.25) is 0 Å². The first-order chi connectivity index (χ1) is 21.5. The monoisotopic (exact) mass is 631 g/mol. The van der Waals surface area contributed by atoms with Crippen molar-refractivity contribution in [3.8, 4) is 0 Å². The Labute approximate surface area is 268 Å². The van der Waals surface area contributed by atoms with Crippen molar-refractivity contribution < 1.29 is 19.2 Å². The number of hydrogen-bond donors (Lipinski definition) is 5. The van der Waals surface area contributed by atoms with Crippen molar-refractivity contribution in [3.63, 3.8) is 0 Å². The molecule has 9 nitrogen and oxygen atoms in total. The van der Waals surface area contributed by atoms with E-state index in [1.807, 2.05) is 67.6 Å². The molecule has 45 heavy (non-hydrogen) atoms. The molecule has 7 N–H and O–H groups in total. The van der Waals surface area contributed by atoms with E-state index in [0.29, 0.717) is 17.7 Å². The lowest BCUT2D eigenvalue weighted by Crippen LogP contribution is -2.62. The average Bonchev–Trinajstić information content (AvgIpc) is 3.66. The minimum atomic E-state index is -1.38. The van der Waals surface area contributed by atoms with Gasteiger partial charge in [0.2, 0.25) is 11.8 Å². The van der Waals surface area contributed by atoms with Gasteiger partial charge in [-0.3, -0.25) is 19.2 Å². The third-order valence-corrected chi connectivity index (χ3v) is 10.9. The smallest absolute Gasteiger partial charge is 0.262 e. The molecule has 10 heteroatoms. The zero-order valence-corrected chi connectivity index (χ0v) is 27.0. The molecule has 1 aromatic heterocycles. The van der Waals surface area contributed by atoms with Crippen molar-refractivity contribution >= 4 is 44.9 Å². The summed E-state index contributed by atoms with van der Waals surface area (Å²) in [5, 5.41) is 9.98. The largest absolute Gasteiger partial charge is 0.351 e. The normalized spacial score (nSPS) is 25.2. The second kappa shape index (κ2) is 13.8. The summed E-state index contributed by atoms with van der Waals surface area (Å²) in [6.07, 6.45) is 5.09. The molecule has 0 radical (unpaired) electrons. The maximum Gasteiger partial charge on any atom is 0.262 e. The molecule has 0 bridgehead atoms. The molecule has 0 spiro atoms. The molecule has 6 atom stereocenters. The quantitative estimate of drug-likeness (QED) is 0.202. The standard InChI is InChI=1S/C35H45N5O4S/c1-3-34(2,40-31(42)29-20-23-13-7-10-16-28(23)45-29)32(43)39-27(19-22-11-5-4-6-12-22)30(41)35(18-17-24(36)21-35)33(44)38-26-15-9-8-14-25(26)37/h4-7,10-13,16,20,24-27H,3,8-9,14-15,17-19,21,36-37H2,1-2H3,(H,38,44)(H,39,43)(H,40,42)/t24-,25-,26-,27+,34+,35+/m0/s1. The topological polar surface area (TPSA) is 156 Å². The zero-order chi connectivity index (χ0) is 32.2. The number of benzene rings is 2. The Kier molecular flexibility index (Phi) is 10.1. The molecule has 0 aliphatic heterocycles. The Morgan fingerprint density at radius 3 is 2.38 bits per heavy atom. The number of fused-ring (bicyclic) bond motifs is 1. The van der Waals surface area contributed by atoms with Crippen LogP contribution in [0.5, 0.6) is 0 Å². The highest BCUT2D eigenvalue weighted by atomic mass is 32.1. The fourth-order valence-electron chi connectivity index (χ4n) is 6.69. The summed E-state index contributed by atoms with van der Waals surface area (Å²) in [6.45, 7) is 3.48. The van der Waals surface area contributed by atoms with Crippen molar-refractivity contribution in [1.29, 1.82) is 0 Å². The van der Waals surface area contributed by atoms with E-state index >= 15 is 0 Å². The molecule has 2 fully saturated rings. The number of hydrogen-bond acceptors (Lipinski definition) is 7. The van der Waals surface area contributed by atoms with Gasteiger partial charge in [-0.05, 0) is 75.0 Å². The van der Waals surface area contributed by atoms with Gasteiger partial charge in [0.15, 0.2) is 5.78 Å². The third kappa shape index (κ3) is 7.13. The van der Waals surface area contributed by atoms with Gasteiger partial charge in [-0.1, -0.05) is 68.3 Å². The minimum absolute atomic E-state index is 0.167. The second-order valence-electron chi connectivity index (χ2n) is 13.0. The number of carbonyl (C=O) groups is 4. The minimum Gasteiger partial charge on any atom is -0.351 e. The van der Waals surface area contributed by atoms with Gasteiger partial charge >= 0.3 is 0 Å². The van der Waals surface area contributed by atoms with Gasteiger partial charge in [0.25, 0.3) is 5.91 Å².